The van der Waals surface area contributed by atoms with Gasteiger partial charge in [-0.05, 0) is 27.7 Å². The van der Waals surface area contributed by atoms with Crippen LogP contribution in [0, 0.1) is 23.7 Å². The fourth-order valence-corrected chi connectivity index (χ4v) is 4.20. The molecule has 0 amide bonds. The first kappa shape index (κ1) is 34.5. The van der Waals surface area contributed by atoms with Gasteiger partial charge >= 0.3 is 0 Å². The van der Waals surface area contributed by atoms with Gasteiger partial charge in [-0.2, -0.15) is 0 Å². The predicted octanol–water partition coefficient (Wildman–Crippen LogP) is 5.23. The first-order chi connectivity index (χ1) is 16.9. The van der Waals surface area contributed by atoms with Gasteiger partial charge in [0, 0.05) is 62.2 Å². The Morgan fingerprint density at radius 2 is 0.865 bits per heavy atom. The summed E-state index contributed by atoms with van der Waals surface area (Å²) in [5.74, 6) is -2.82. The summed E-state index contributed by atoms with van der Waals surface area (Å²) in [6.45, 7) is 20.6. The van der Waals surface area contributed by atoms with E-state index >= 15 is 0 Å². The number of carbonyl (C=O) groups is 6. The third kappa shape index (κ3) is 12.5. The zero-order chi connectivity index (χ0) is 29.1. The van der Waals surface area contributed by atoms with Crippen LogP contribution in [0.25, 0.3) is 0 Å². The summed E-state index contributed by atoms with van der Waals surface area (Å²) in [5.41, 5.74) is -2.25. The van der Waals surface area contributed by atoms with Crippen molar-refractivity contribution >= 4 is 34.7 Å². The van der Waals surface area contributed by atoms with Crippen LogP contribution in [0.5, 0.6) is 0 Å². The highest BCUT2D eigenvalue weighted by Gasteiger charge is 2.37. The Bertz CT molecular complexity index is 830. The lowest BCUT2D eigenvalue weighted by molar-refractivity contribution is -0.143. The zero-order valence-electron chi connectivity index (χ0n) is 24.0. The van der Waals surface area contributed by atoms with Crippen LogP contribution in [0.1, 0.15) is 93.9 Å². The molecule has 0 spiro atoms. The maximum absolute atomic E-state index is 13.0. The Labute approximate surface area is 222 Å². The minimum atomic E-state index is -1.13. The van der Waals surface area contributed by atoms with E-state index in [4.69, 9.17) is 4.74 Å². The molecule has 208 valence electrons. The highest BCUT2D eigenvalue weighted by molar-refractivity contribution is 5.92. The van der Waals surface area contributed by atoms with Crippen LogP contribution in [0.3, 0.4) is 0 Å². The SMILES string of the molecule is C=CC(C)(CC(=O)C(C)CC(=O)C(C)CC(C)=O)OC(C)(C=C)CC(=O)C(C)CC(=O)C(C)CC(C)=O. The molecule has 7 nitrogen and oxygen atoms in total. The van der Waals surface area contributed by atoms with Crippen LogP contribution in [-0.4, -0.2) is 45.9 Å². The molecule has 0 fully saturated rings. The molecule has 0 radical (unpaired) electrons. The highest BCUT2D eigenvalue weighted by atomic mass is 16.5. The van der Waals surface area contributed by atoms with Crippen molar-refractivity contribution in [2.24, 2.45) is 23.7 Å². The quantitative estimate of drug-likeness (QED) is 0.203. The van der Waals surface area contributed by atoms with Crippen molar-refractivity contribution < 1.29 is 33.5 Å². The summed E-state index contributed by atoms with van der Waals surface area (Å²) in [6.07, 6.45) is 3.26. The fraction of sp³-hybridized carbons (Fsp3) is 0.667. The Morgan fingerprint density at radius 3 is 1.11 bits per heavy atom. The van der Waals surface area contributed by atoms with E-state index < -0.39 is 34.9 Å². The number of ketones is 6. The van der Waals surface area contributed by atoms with Crippen LogP contribution < -0.4 is 0 Å². The molecule has 37 heavy (non-hydrogen) atoms. The van der Waals surface area contributed by atoms with Crippen LogP contribution in [0.2, 0.25) is 0 Å². The van der Waals surface area contributed by atoms with Crippen LogP contribution >= 0.6 is 0 Å². The van der Waals surface area contributed by atoms with E-state index in [-0.39, 0.29) is 73.2 Å². The van der Waals surface area contributed by atoms with E-state index in [9.17, 15) is 28.8 Å². The summed E-state index contributed by atoms with van der Waals surface area (Å²) in [5, 5.41) is 0. The van der Waals surface area contributed by atoms with Gasteiger partial charge in [0.05, 0.1) is 11.2 Å². The smallest absolute Gasteiger partial charge is 0.139 e. The molecule has 7 heteroatoms. The standard InChI is InChI=1S/C30H46O7/c1-11-29(9,17-27(35)21(5)15-25(33)19(3)13-23(7)31)37-30(10,12-2)18-28(36)22(6)16-26(34)20(4)14-24(8)32/h11-12,19-22H,1-2,13-18H2,3-10H3. The van der Waals surface area contributed by atoms with Crippen molar-refractivity contribution in [3.63, 3.8) is 0 Å². The van der Waals surface area contributed by atoms with Gasteiger partial charge in [0.15, 0.2) is 0 Å². The first-order valence-electron chi connectivity index (χ1n) is 13.0. The Balaban J connectivity index is 5.29. The first-order valence-corrected chi connectivity index (χ1v) is 13.0. The molecule has 0 N–H and O–H groups in total. The molecule has 0 saturated carbocycles. The lowest BCUT2D eigenvalue weighted by atomic mass is 9.85. The lowest BCUT2D eigenvalue weighted by Crippen LogP contribution is -2.42. The molecule has 0 aromatic carbocycles. The summed E-state index contributed by atoms with van der Waals surface area (Å²) in [7, 11) is 0. The fourth-order valence-electron chi connectivity index (χ4n) is 4.20. The third-order valence-corrected chi connectivity index (χ3v) is 6.78. The second kappa shape index (κ2) is 15.0. The number of ether oxygens (including phenoxy) is 1. The van der Waals surface area contributed by atoms with Gasteiger partial charge in [-0.15, -0.1) is 13.2 Å². The van der Waals surface area contributed by atoms with E-state index in [1.165, 1.54) is 26.0 Å². The number of hydrogen-bond acceptors (Lipinski definition) is 7. The number of carbonyl (C=O) groups excluding carboxylic acids is 6. The highest BCUT2D eigenvalue weighted by Crippen LogP contribution is 2.31. The maximum Gasteiger partial charge on any atom is 0.139 e. The zero-order valence-corrected chi connectivity index (χ0v) is 24.0. The van der Waals surface area contributed by atoms with Gasteiger partial charge in [0.2, 0.25) is 0 Å². The van der Waals surface area contributed by atoms with E-state index in [0.717, 1.165) is 0 Å². The van der Waals surface area contributed by atoms with E-state index in [1.807, 2.05) is 0 Å². The van der Waals surface area contributed by atoms with Crippen LogP contribution in [0.4, 0.5) is 0 Å². The molecule has 0 aromatic rings. The average molecular weight is 519 g/mol. The predicted molar refractivity (Wildman–Crippen MR) is 144 cm³/mol. The molecular weight excluding hydrogens is 472 g/mol. The van der Waals surface area contributed by atoms with Crippen LogP contribution in [-0.2, 0) is 33.5 Å². The topological polar surface area (TPSA) is 112 Å². The second-order valence-corrected chi connectivity index (χ2v) is 11.2. The molecule has 6 atom stereocenters. The van der Waals surface area contributed by atoms with Crippen molar-refractivity contribution in [3.05, 3.63) is 25.3 Å². The average Bonchev–Trinajstić information content (AvgIpc) is 2.77. The Kier molecular flexibility index (Phi) is 14.0. The van der Waals surface area contributed by atoms with Gasteiger partial charge in [0.25, 0.3) is 0 Å². The van der Waals surface area contributed by atoms with Gasteiger partial charge in [-0.25, -0.2) is 0 Å². The summed E-state index contributed by atoms with van der Waals surface area (Å²) < 4.78 is 6.24. The Hall–Kier alpha value is -2.54. The molecule has 0 aromatic heterocycles. The van der Waals surface area contributed by atoms with Crippen molar-refractivity contribution in [3.8, 4) is 0 Å². The van der Waals surface area contributed by atoms with Crippen LogP contribution in [0.15, 0.2) is 25.3 Å². The molecule has 6 unspecified atom stereocenters. The summed E-state index contributed by atoms with van der Waals surface area (Å²) >= 11 is 0. The number of rotatable bonds is 20. The van der Waals surface area contributed by atoms with Gasteiger partial charge in [-0.1, -0.05) is 39.8 Å². The minimum Gasteiger partial charge on any atom is -0.360 e. The third-order valence-electron chi connectivity index (χ3n) is 6.78. The molecule has 0 bridgehead atoms. The monoisotopic (exact) mass is 518 g/mol. The lowest BCUT2D eigenvalue weighted by Gasteiger charge is -2.37. The molecule has 0 aliphatic carbocycles. The van der Waals surface area contributed by atoms with E-state index in [0.29, 0.717) is 0 Å². The van der Waals surface area contributed by atoms with E-state index in [1.54, 1.807) is 41.5 Å². The second-order valence-electron chi connectivity index (χ2n) is 11.2. The number of Topliss-reactive ketones (excluding diaryl/α,β-unsaturated/α-hetero) is 6. The van der Waals surface area contributed by atoms with Gasteiger partial charge in [-0.3, -0.25) is 19.2 Å². The van der Waals surface area contributed by atoms with Gasteiger partial charge in [0.1, 0.15) is 34.7 Å². The van der Waals surface area contributed by atoms with Crippen molar-refractivity contribution in [2.45, 2.75) is 105 Å². The molecule has 0 saturated heterocycles. The van der Waals surface area contributed by atoms with Crippen molar-refractivity contribution in [1.82, 2.24) is 0 Å². The molecule has 0 heterocycles. The molecule has 0 aliphatic rings. The Morgan fingerprint density at radius 1 is 0.595 bits per heavy atom. The van der Waals surface area contributed by atoms with Crippen molar-refractivity contribution in [1.29, 1.82) is 0 Å². The van der Waals surface area contributed by atoms with E-state index in [2.05, 4.69) is 13.2 Å². The maximum atomic E-state index is 13.0. The molecule has 0 aliphatic heterocycles. The van der Waals surface area contributed by atoms with Crippen molar-refractivity contribution in [2.75, 3.05) is 0 Å². The molecule has 0 rings (SSSR count). The number of hydrogen-bond donors (Lipinski definition) is 0. The molecular formula is C30H46O7. The minimum absolute atomic E-state index is 0.0330. The normalized spacial score (nSPS) is 17.7. The van der Waals surface area contributed by atoms with Gasteiger partial charge < -0.3 is 14.3 Å². The summed E-state index contributed by atoms with van der Waals surface area (Å²) in [6, 6.07) is 0. The summed E-state index contributed by atoms with van der Waals surface area (Å²) in [4.78, 5) is 73.3. The largest absolute Gasteiger partial charge is 0.360 e.